The van der Waals surface area contributed by atoms with Crippen LogP contribution in [0.25, 0.3) is 0 Å². The Kier molecular flexibility index (Phi) is 8.48. The van der Waals surface area contributed by atoms with Crippen LogP contribution in [0.2, 0.25) is 5.02 Å². The molecule has 0 saturated heterocycles. The van der Waals surface area contributed by atoms with E-state index in [9.17, 15) is 9.59 Å². The molecule has 0 bridgehead atoms. The number of rotatable bonds is 8. The van der Waals surface area contributed by atoms with Crippen molar-refractivity contribution in [2.45, 2.75) is 20.0 Å². The first-order valence-electron chi connectivity index (χ1n) is 9.29. The number of primary amides is 1. The lowest BCUT2D eigenvalue weighted by Crippen LogP contribution is -2.38. The quantitative estimate of drug-likeness (QED) is 0.454. The van der Waals surface area contributed by atoms with Gasteiger partial charge in [0.05, 0.1) is 13.1 Å². The molecule has 0 aromatic heterocycles. The lowest BCUT2D eigenvalue weighted by molar-refractivity contribution is -0.117. The third-order valence-corrected chi connectivity index (χ3v) is 4.48. The molecule has 0 fully saturated rings. The third kappa shape index (κ3) is 7.12. The number of carbonyl (C=O) groups excluding carboxylic acids is 2. The summed E-state index contributed by atoms with van der Waals surface area (Å²) in [6, 6.07) is 14.8. The van der Waals surface area contributed by atoms with Gasteiger partial charge < -0.3 is 21.3 Å². The van der Waals surface area contributed by atoms with Crippen LogP contribution in [0.1, 0.15) is 28.4 Å². The number of benzene rings is 2. The van der Waals surface area contributed by atoms with E-state index in [1.54, 1.807) is 12.1 Å². The maximum Gasteiger partial charge on any atom is 0.251 e. The predicted octanol–water partition coefficient (Wildman–Crippen LogP) is 2.15. The van der Waals surface area contributed by atoms with E-state index < -0.39 is 5.91 Å². The van der Waals surface area contributed by atoms with Crippen molar-refractivity contribution < 1.29 is 9.59 Å². The van der Waals surface area contributed by atoms with Crippen molar-refractivity contribution in [3.05, 3.63) is 70.2 Å². The molecule has 2 rings (SSSR count). The number of nitrogens with two attached hydrogens (primary N) is 1. The monoisotopic (exact) mass is 415 g/mol. The Morgan fingerprint density at radius 2 is 1.79 bits per heavy atom. The summed E-state index contributed by atoms with van der Waals surface area (Å²) in [6.07, 6.45) is 0. The lowest BCUT2D eigenvalue weighted by Gasteiger charge is -2.22. The van der Waals surface area contributed by atoms with Gasteiger partial charge in [-0.25, -0.2) is 4.99 Å². The van der Waals surface area contributed by atoms with E-state index >= 15 is 0 Å². The minimum Gasteiger partial charge on any atom is -0.368 e. The summed E-state index contributed by atoms with van der Waals surface area (Å²) in [4.78, 5) is 29.4. The molecule has 0 aliphatic heterocycles. The number of aliphatic imine (C=N–C) groups is 1. The number of halogens is 1. The smallest absolute Gasteiger partial charge is 0.251 e. The number of amides is 2. The molecule has 8 heteroatoms. The Morgan fingerprint density at radius 3 is 2.41 bits per heavy atom. The summed E-state index contributed by atoms with van der Waals surface area (Å²) < 4.78 is 0. The van der Waals surface area contributed by atoms with Gasteiger partial charge in [0.25, 0.3) is 5.91 Å². The topological polar surface area (TPSA) is 99.8 Å². The summed E-state index contributed by atoms with van der Waals surface area (Å²) in [7, 11) is 1.96. The Bertz CT molecular complexity index is 868. The van der Waals surface area contributed by atoms with Gasteiger partial charge in [-0.15, -0.1) is 0 Å². The molecule has 0 aliphatic rings. The van der Waals surface area contributed by atoms with Crippen LogP contribution in [-0.4, -0.2) is 42.8 Å². The van der Waals surface area contributed by atoms with Crippen molar-refractivity contribution in [1.29, 1.82) is 0 Å². The van der Waals surface area contributed by atoms with Gasteiger partial charge in [0.1, 0.15) is 0 Å². The molecule has 0 saturated carbocycles. The first-order chi connectivity index (χ1) is 13.9. The van der Waals surface area contributed by atoms with Crippen molar-refractivity contribution in [3.8, 4) is 0 Å². The van der Waals surface area contributed by atoms with Crippen LogP contribution in [0.4, 0.5) is 0 Å². The van der Waals surface area contributed by atoms with Gasteiger partial charge in [0.15, 0.2) is 5.96 Å². The maximum absolute atomic E-state index is 11.9. The molecular formula is C21H26ClN5O2. The summed E-state index contributed by atoms with van der Waals surface area (Å²) in [5, 5.41) is 6.46. The van der Waals surface area contributed by atoms with Gasteiger partial charge in [0, 0.05) is 30.7 Å². The average Bonchev–Trinajstić information content (AvgIpc) is 2.71. The minimum absolute atomic E-state index is 0.186. The zero-order valence-corrected chi connectivity index (χ0v) is 17.4. The number of carbonyl (C=O) groups is 2. The highest BCUT2D eigenvalue weighted by Gasteiger charge is 2.09. The number of nitrogens with one attached hydrogen (secondary N) is 2. The highest BCUT2D eigenvalue weighted by Crippen LogP contribution is 2.16. The Balaban J connectivity index is 2.03. The number of hydrogen-bond donors (Lipinski definition) is 3. The van der Waals surface area contributed by atoms with Gasteiger partial charge in [0.2, 0.25) is 5.91 Å². The van der Waals surface area contributed by atoms with Crippen LogP contribution >= 0.6 is 11.6 Å². The second kappa shape index (κ2) is 11.1. The Labute approximate surface area is 175 Å². The van der Waals surface area contributed by atoms with Crippen LogP contribution in [-0.2, 0) is 17.9 Å². The predicted molar refractivity (Wildman–Crippen MR) is 116 cm³/mol. The fourth-order valence-electron chi connectivity index (χ4n) is 2.62. The highest BCUT2D eigenvalue weighted by atomic mass is 35.5. The molecule has 29 heavy (non-hydrogen) atoms. The molecule has 0 radical (unpaired) electrons. The van der Waals surface area contributed by atoms with Crippen molar-refractivity contribution in [1.82, 2.24) is 15.5 Å². The summed E-state index contributed by atoms with van der Waals surface area (Å²) >= 11 is 6.26. The van der Waals surface area contributed by atoms with E-state index in [2.05, 4.69) is 15.6 Å². The molecule has 7 nitrogen and oxygen atoms in total. The van der Waals surface area contributed by atoms with E-state index in [-0.39, 0.29) is 12.5 Å². The standard InChI is InChI=1S/C21H26ClN5O2/c1-3-24-21(27(2)14-17-6-4-5-7-18(17)22)26-12-15-8-10-16(11-9-15)20(29)25-13-19(23)28/h4-11H,3,12-14H2,1-2H3,(H2,23,28)(H,24,26)(H,25,29). The van der Waals surface area contributed by atoms with Crippen LogP contribution in [0.3, 0.4) is 0 Å². The van der Waals surface area contributed by atoms with E-state index in [0.29, 0.717) is 18.7 Å². The average molecular weight is 416 g/mol. The second-order valence-electron chi connectivity index (χ2n) is 6.46. The molecule has 2 aromatic rings. The highest BCUT2D eigenvalue weighted by molar-refractivity contribution is 6.31. The molecule has 0 unspecified atom stereocenters. The summed E-state index contributed by atoms with van der Waals surface area (Å²) in [6.45, 7) is 3.65. The minimum atomic E-state index is -0.582. The van der Waals surface area contributed by atoms with Crippen molar-refractivity contribution in [3.63, 3.8) is 0 Å². The first kappa shape index (κ1) is 22.2. The first-order valence-corrected chi connectivity index (χ1v) is 9.66. The van der Waals surface area contributed by atoms with Crippen molar-refractivity contribution in [2.24, 2.45) is 10.7 Å². The zero-order chi connectivity index (χ0) is 21.2. The summed E-state index contributed by atoms with van der Waals surface area (Å²) in [5.41, 5.74) is 7.47. The van der Waals surface area contributed by atoms with Crippen LogP contribution < -0.4 is 16.4 Å². The number of hydrogen-bond acceptors (Lipinski definition) is 3. The van der Waals surface area contributed by atoms with Crippen molar-refractivity contribution >= 4 is 29.4 Å². The number of guanidine groups is 1. The molecular weight excluding hydrogens is 390 g/mol. The second-order valence-corrected chi connectivity index (χ2v) is 6.87. The van der Waals surface area contributed by atoms with Crippen molar-refractivity contribution in [2.75, 3.05) is 20.1 Å². The normalized spacial score (nSPS) is 11.1. The van der Waals surface area contributed by atoms with E-state index in [1.165, 1.54) is 0 Å². The molecule has 0 spiro atoms. The number of nitrogens with zero attached hydrogens (tertiary/aromatic N) is 2. The summed E-state index contributed by atoms with van der Waals surface area (Å²) in [5.74, 6) is -0.163. The fourth-order valence-corrected chi connectivity index (χ4v) is 2.82. The van der Waals surface area contributed by atoms with Gasteiger partial charge in [-0.3, -0.25) is 9.59 Å². The van der Waals surface area contributed by atoms with E-state index in [4.69, 9.17) is 17.3 Å². The molecule has 0 aliphatic carbocycles. The van der Waals surface area contributed by atoms with Crippen LogP contribution in [0, 0.1) is 0 Å². The van der Waals surface area contributed by atoms with Gasteiger partial charge in [-0.05, 0) is 36.2 Å². The van der Waals surface area contributed by atoms with Crippen LogP contribution in [0.15, 0.2) is 53.5 Å². The third-order valence-electron chi connectivity index (χ3n) is 4.11. The van der Waals surface area contributed by atoms with E-state index in [1.807, 2.05) is 55.3 Å². The van der Waals surface area contributed by atoms with Gasteiger partial charge >= 0.3 is 0 Å². The molecule has 0 heterocycles. The molecule has 0 atom stereocenters. The molecule has 4 N–H and O–H groups in total. The zero-order valence-electron chi connectivity index (χ0n) is 16.6. The maximum atomic E-state index is 11.9. The largest absolute Gasteiger partial charge is 0.368 e. The Morgan fingerprint density at radius 1 is 1.10 bits per heavy atom. The Hall–Kier alpha value is -3.06. The molecule has 2 aromatic carbocycles. The van der Waals surface area contributed by atoms with Gasteiger partial charge in [-0.1, -0.05) is 41.9 Å². The molecule has 2 amide bonds. The fraction of sp³-hybridized carbons (Fsp3) is 0.286. The van der Waals surface area contributed by atoms with Crippen LogP contribution in [0.5, 0.6) is 0 Å². The SMILES string of the molecule is CCNC(=NCc1ccc(C(=O)NCC(N)=O)cc1)N(C)Cc1ccccc1Cl. The lowest BCUT2D eigenvalue weighted by atomic mass is 10.1. The molecule has 154 valence electrons. The van der Waals surface area contributed by atoms with Gasteiger partial charge in [-0.2, -0.15) is 0 Å². The van der Waals surface area contributed by atoms with E-state index in [0.717, 1.165) is 28.7 Å².